The molecule has 0 radical (unpaired) electrons. The Balaban J connectivity index is 1.81. The van der Waals surface area contributed by atoms with Crippen LogP contribution in [0.4, 0.5) is 13.2 Å². The van der Waals surface area contributed by atoms with Gasteiger partial charge in [0.25, 0.3) is 0 Å². The maximum atomic E-state index is 12.8. The van der Waals surface area contributed by atoms with E-state index in [-0.39, 0.29) is 12.5 Å². The second-order valence-electron chi connectivity index (χ2n) is 6.09. The van der Waals surface area contributed by atoms with E-state index >= 15 is 0 Å². The second-order valence-corrected chi connectivity index (χ2v) is 6.09. The van der Waals surface area contributed by atoms with Crippen molar-refractivity contribution < 1.29 is 22.7 Å². The van der Waals surface area contributed by atoms with Crippen molar-refractivity contribution in [3.05, 3.63) is 66.3 Å². The minimum absolute atomic E-state index is 0.152. The second kappa shape index (κ2) is 8.87. The first-order chi connectivity index (χ1) is 13.9. The maximum Gasteiger partial charge on any atom is 0.416 e. The Bertz CT molecular complexity index is 1010. The number of halogens is 3. The van der Waals surface area contributed by atoms with Gasteiger partial charge in [0.2, 0.25) is 5.91 Å². The highest BCUT2D eigenvalue weighted by Crippen LogP contribution is 2.31. The summed E-state index contributed by atoms with van der Waals surface area (Å²) in [5, 5.41) is 2.71. The van der Waals surface area contributed by atoms with Gasteiger partial charge in [-0.25, -0.2) is 9.97 Å². The Labute approximate surface area is 165 Å². The number of carbonyl (C=O) groups is 1. The lowest BCUT2D eigenvalue weighted by Crippen LogP contribution is -2.21. The summed E-state index contributed by atoms with van der Waals surface area (Å²) in [6, 6.07) is 4.74. The molecule has 0 atom stereocenters. The van der Waals surface area contributed by atoms with Crippen LogP contribution in [0.25, 0.3) is 16.9 Å². The number of hydrogen-bond acceptors (Lipinski definition) is 4. The van der Waals surface area contributed by atoms with E-state index in [0.29, 0.717) is 35.8 Å². The number of nitrogens with zero attached hydrogens (tertiary/aromatic N) is 3. The van der Waals surface area contributed by atoms with Crippen LogP contribution in [0.15, 0.2) is 55.0 Å². The fourth-order valence-electron chi connectivity index (χ4n) is 2.66. The lowest BCUT2D eigenvalue weighted by atomic mass is 10.1. The lowest BCUT2D eigenvalue weighted by Gasteiger charge is -2.10. The third-order valence-electron chi connectivity index (χ3n) is 4.04. The van der Waals surface area contributed by atoms with Crippen molar-refractivity contribution in [3.63, 3.8) is 0 Å². The molecule has 0 unspecified atom stereocenters. The Hall–Kier alpha value is -3.20. The van der Waals surface area contributed by atoms with Gasteiger partial charge in [0.15, 0.2) is 5.65 Å². The van der Waals surface area contributed by atoms with Gasteiger partial charge >= 0.3 is 6.18 Å². The van der Waals surface area contributed by atoms with Gasteiger partial charge in [-0.05, 0) is 19.1 Å². The van der Waals surface area contributed by atoms with E-state index in [4.69, 9.17) is 4.74 Å². The molecule has 6 nitrogen and oxygen atoms in total. The van der Waals surface area contributed by atoms with Crippen LogP contribution in [0.3, 0.4) is 0 Å². The molecule has 0 bridgehead atoms. The minimum atomic E-state index is -4.41. The Morgan fingerprint density at radius 2 is 2.03 bits per heavy atom. The molecular weight excluding hydrogens is 385 g/mol. The molecule has 0 spiro atoms. The summed E-state index contributed by atoms with van der Waals surface area (Å²) in [4.78, 5) is 20.6. The molecule has 2 heterocycles. The zero-order chi connectivity index (χ0) is 20.9. The van der Waals surface area contributed by atoms with Crippen molar-refractivity contribution in [3.8, 4) is 11.3 Å². The summed E-state index contributed by atoms with van der Waals surface area (Å²) in [6.45, 7) is 2.93. The molecule has 1 N–H and O–H groups in total. The molecule has 3 aromatic rings. The third kappa shape index (κ3) is 5.20. The van der Waals surface area contributed by atoms with Gasteiger partial charge in [0, 0.05) is 36.8 Å². The first-order valence-electron chi connectivity index (χ1n) is 8.91. The summed E-state index contributed by atoms with van der Waals surface area (Å²) in [7, 11) is 0. The number of fused-ring (bicyclic) bond motifs is 1. The van der Waals surface area contributed by atoms with Crippen molar-refractivity contribution in [2.24, 2.45) is 0 Å². The van der Waals surface area contributed by atoms with Gasteiger partial charge < -0.3 is 14.5 Å². The summed E-state index contributed by atoms with van der Waals surface area (Å²) in [6.07, 6.45) is 3.57. The number of aromatic nitrogens is 3. The van der Waals surface area contributed by atoms with E-state index < -0.39 is 11.7 Å². The van der Waals surface area contributed by atoms with Crippen LogP contribution >= 0.6 is 0 Å². The van der Waals surface area contributed by atoms with Gasteiger partial charge in [-0.1, -0.05) is 18.2 Å². The number of hydrogen-bond donors (Lipinski definition) is 1. The molecule has 9 heteroatoms. The molecule has 0 saturated heterocycles. The molecular formula is C20H19F3N4O2. The van der Waals surface area contributed by atoms with E-state index in [1.807, 2.05) is 6.92 Å². The summed E-state index contributed by atoms with van der Waals surface area (Å²) < 4.78 is 45.3. The number of carbonyl (C=O) groups excluding carboxylic acids is 1. The molecule has 29 heavy (non-hydrogen) atoms. The van der Waals surface area contributed by atoms with E-state index in [9.17, 15) is 18.0 Å². The van der Waals surface area contributed by atoms with Crippen molar-refractivity contribution >= 4 is 11.6 Å². The quantitative estimate of drug-likeness (QED) is 0.482. The number of nitrogens with one attached hydrogen (secondary N) is 1. The lowest BCUT2D eigenvalue weighted by molar-refractivity contribution is -0.137. The van der Waals surface area contributed by atoms with Gasteiger partial charge in [-0.3, -0.25) is 4.79 Å². The standard InChI is InChI=1S/C20H19F3N4O2/c1-2-29-11-3-4-17(28)25-12-16-13-27-10-9-24-19(27)18(26-16)14-5-7-15(8-6-14)20(21,22)23/h3-10,13H,2,11-12H2,1H3,(H,25,28). The van der Waals surface area contributed by atoms with Crippen LogP contribution in [-0.4, -0.2) is 33.5 Å². The minimum Gasteiger partial charge on any atom is -0.378 e. The predicted molar refractivity (Wildman–Crippen MR) is 101 cm³/mol. The van der Waals surface area contributed by atoms with E-state index in [1.54, 1.807) is 29.1 Å². The highest BCUT2D eigenvalue weighted by molar-refractivity contribution is 5.87. The van der Waals surface area contributed by atoms with Crippen molar-refractivity contribution in [2.45, 2.75) is 19.6 Å². The predicted octanol–water partition coefficient (Wildman–Crippen LogP) is 3.62. The van der Waals surface area contributed by atoms with Crippen molar-refractivity contribution in [2.75, 3.05) is 13.2 Å². The zero-order valence-electron chi connectivity index (χ0n) is 15.6. The third-order valence-corrected chi connectivity index (χ3v) is 4.04. The summed E-state index contributed by atoms with van der Waals surface area (Å²) >= 11 is 0. The van der Waals surface area contributed by atoms with Crippen LogP contribution < -0.4 is 5.32 Å². The van der Waals surface area contributed by atoms with Crippen LogP contribution in [0.5, 0.6) is 0 Å². The largest absolute Gasteiger partial charge is 0.416 e. The summed E-state index contributed by atoms with van der Waals surface area (Å²) in [5.41, 5.74) is 1.25. The molecule has 0 saturated carbocycles. The molecule has 0 aliphatic carbocycles. The highest BCUT2D eigenvalue weighted by Gasteiger charge is 2.30. The normalized spacial score (nSPS) is 12.0. The molecule has 3 rings (SSSR count). The number of rotatable bonds is 7. The molecule has 0 fully saturated rings. The smallest absolute Gasteiger partial charge is 0.378 e. The Morgan fingerprint density at radius 3 is 2.72 bits per heavy atom. The molecule has 1 aromatic carbocycles. The molecule has 152 valence electrons. The summed E-state index contributed by atoms with van der Waals surface area (Å²) in [5.74, 6) is -0.298. The number of imidazole rings is 1. The van der Waals surface area contributed by atoms with E-state index in [1.165, 1.54) is 18.2 Å². The van der Waals surface area contributed by atoms with Crippen molar-refractivity contribution in [1.82, 2.24) is 19.7 Å². The van der Waals surface area contributed by atoms with Crippen LogP contribution in [0, 0.1) is 0 Å². The van der Waals surface area contributed by atoms with Gasteiger partial charge in [0.1, 0.15) is 5.69 Å². The number of alkyl halides is 3. The van der Waals surface area contributed by atoms with E-state index in [2.05, 4.69) is 15.3 Å². The number of ether oxygens (including phenoxy) is 1. The average Bonchev–Trinajstić information content (AvgIpc) is 3.17. The van der Waals surface area contributed by atoms with Crippen LogP contribution in [0.1, 0.15) is 18.2 Å². The topological polar surface area (TPSA) is 68.5 Å². The van der Waals surface area contributed by atoms with Crippen molar-refractivity contribution in [1.29, 1.82) is 0 Å². The molecule has 0 aliphatic rings. The molecule has 1 amide bonds. The zero-order valence-corrected chi connectivity index (χ0v) is 15.6. The fraction of sp³-hybridized carbons (Fsp3) is 0.250. The molecule has 2 aromatic heterocycles. The highest BCUT2D eigenvalue weighted by atomic mass is 19.4. The van der Waals surface area contributed by atoms with Gasteiger partial charge in [0.05, 0.1) is 24.4 Å². The first kappa shape index (κ1) is 20.5. The first-order valence-corrected chi connectivity index (χ1v) is 8.91. The number of benzene rings is 1. The van der Waals surface area contributed by atoms with Gasteiger partial charge in [-0.15, -0.1) is 0 Å². The number of amides is 1. The Morgan fingerprint density at radius 1 is 1.28 bits per heavy atom. The monoisotopic (exact) mass is 404 g/mol. The SMILES string of the molecule is CCOCC=CC(=O)NCc1cn2ccnc2c(-c2ccc(C(F)(F)F)cc2)n1. The molecule has 0 aliphatic heterocycles. The Kier molecular flexibility index (Phi) is 6.28. The average molecular weight is 404 g/mol. The fourth-order valence-corrected chi connectivity index (χ4v) is 2.66. The van der Waals surface area contributed by atoms with Crippen LogP contribution in [0.2, 0.25) is 0 Å². The van der Waals surface area contributed by atoms with Gasteiger partial charge in [-0.2, -0.15) is 13.2 Å². The van der Waals surface area contributed by atoms with Crippen LogP contribution in [-0.2, 0) is 22.3 Å². The van der Waals surface area contributed by atoms with E-state index in [0.717, 1.165) is 12.1 Å². The maximum absolute atomic E-state index is 12.8.